The summed E-state index contributed by atoms with van der Waals surface area (Å²) in [4.78, 5) is 41.1. The zero-order chi connectivity index (χ0) is 18.0. The van der Waals surface area contributed by atoms with E-state index in [4.69, 9.17) is 23.2 Å². The van der Waals surface area contributed by atoms with E-state index >= 15 is 0 Å². The van der Waals surface area contributed by atoms with E-state index in [0.717, 1.165) is 10.5 Å². The molecule has 1 aliphatic heterocycles. The number of amides is 3. The number of benzene rings is 1. The van der Waals surface area contributed by atoms with Gasteiger partial charge in [0.2, 0.25) is 5.91 Å². The van der Waals surface area contributed by atoms with Gasteiger partial charge in [0.1, 0.15) is 12.2 Å². The summed E-state index contributed by atoms with van der Waals surface area (Å²) in [5, 5.41) is 3.73. The highest BCUT2D eigenvalue weighted by Gasteiger charge is 2.37. The number of hydrogen-bond donors (Lipinski definition) is 1. The predicted octanol–water partition coefficient (Wildman–Crippen LogP) is 2.34. The van der Waals surface area contributed by atoms with Crippen LogP contribution in [0.2, 0.25) is 10.0 Å². The molecule has 1 aromatic heterocycles. The van der Waals surface area contributed by atoms with Crippen LogP contribution >= 0.6 is 23.2 Å². The largest absolute Gasteiger partial charge is 0.354 e. The highest BCUT2D eigenvalue weighted by molar-refractivity contribution is 6.35. The van der Waals surface area contributed by atoms with Crippen LogP contribution in [0.15, 0.2) is 36.5 Å². The van der Waals surface area contributed by atoms with Gasteiger partial charge in [0, 0.05) is 22.8 Å². The van der Waals surface area contributed by atoms with Crippen molar-refractivity contribution in [3.63, 3.8) is 0 Å². The van der Waals surface area contributed by atoms with Crippen LogP contribution in [0.4, 0.5) is 0 Å². The van der Waals surface area contributed by atoms with Crippen LogP contribution in [-0.4, -0.2) is 40.7 Å². The van der Waals surface area contributed by atoms with Gasteiger partial charge in [-0.25, -0.2) is 0 Å². The average molecular weight is 378 g/mol. The molecule has 0 saturated heterocycles. The Morgan fingerprint density at radius 3 is 2.68 bits per heavy atom. The summed E-state index contributed by atoms with van der Waals surface area (Å²) in [5.74, 6) is -1.50. The van der Waals surface area contributed by atoms with Crippen molar-refractivity contribution in [2.24, 2.45) is 0 Å². The van der Waals surface area contributed by atoms with Crippen molar-refractivity contribution in [1.82, 2.24) is 15.2 Å². The third-order valence-corrected chi connectivity index (χ3v) is 4.35. The molecule has 3 rings (SSSR count). The lowest BCUT2D eigenvalue weighted by atomic mass is 10.1. The Bertz CT molecular complexity index is 835. The Morgan fingerprint density at radius 1 is 1.16 bits per heavy atom. The van der Waals surface area contributed by atoms with Gasteiger partial charge in [-0.3, -0.25) is 24.3 Å². The lowest BCUT2D eigenvalue weighted by Crippen LogP contribution is -2.41. The molecule has 3 amide bonds. The molecule has 0 fully saturated rings. The molecule has 0 spiro atoms. The summed E-state index contributed by atoms with van der Waals surface area (Å²) in [6.07, 6.45) is 1.94. The molecule has 25 heavy (non-hydrogen) atoms. The molecule has 0 bridgehead atoms. The highest BCUT2D eigenvalue weighted by atomic mass is 35.5. The van der Waals surface area contributed by atoms with E-state index in [-0.39, 0.29) is 17.8 Å². The molecule has 8 heteroatoms. The number of fused-ring (bicyclic) bond motifs is 1. The molecule has 0 aliphatic carbocycles. The van der Waals surface area contributed by atoms with Crippen LogP contribution in [-0.2, 0) is 11.2 Å². The minimum atomic E-state index is -0.559. The van der Waals surface area contributed by atoms with Gasteiger partial charge >= 0.3 is 0 Å². The monoisotopic (exact) mass is 377 g/mol. The number of aromatic nitrogens is 1. The van der Waals surface area contributed by atoms with Gasteiger partial charge in [-0.05, 0) is 36.2 Å². The molecule has 2 aromatic rings. The zero-order valence-electron chi connectivity index (χ0n) is 13.0. The van der Waals surface area contributed by atoms with Crippen molar-refractivity contribution in [3.05, 3.63) is 63.4 Å². The van der Waals surface area contributed by atoms with Crippen molar-refractivity contribution >= 4 is 40.9 Å². The molecule has 0 saturated carbocycles. The second-order valence-corrected chi connectivity index (χ2v) is 6.28. The predicted molar refractivity (Wildman–Crippen MR) is 92.8 cm³/mol. The van der Waals surface area contributed by atoms with Gasteiger partial charge in [-0.1, -0.05) is 29.3 Å². The first-order chi connectivity index (χ1) is 12.0. The van der Waals surface area contributed by atoms with Gasteiger partial charge < -0.3 is 5.32 Å². The molecule has 0 unspecified atom stereocenters. The number of carbonyl (C=O) groups is 3. The fraction of sp³-hybridized carbons (Fsp3) is 0.176. The first kappa shape index (κ1) is 17.4. The third-order valence-electron chi connectivity index (χ3n) is 3.76. The van der Waals surface area contributed by atoms with Crippen LogP contribution in [0.5, 0.6) is 0 Å². The van der Waals surface area contributed by atoms with Crippen LogP contribution in [0.1, 0.15) is 26.4 Å². The van der Waals surface area contributed by atoms with Crippen LogP contribution in [0, 0.1) is 0 Å². The van der Waals surface area contributed by atoms with Crippen LogP contribution in [0.25, 0.3) is 0 Å². The molecular weight excluding hydrogens is 365 g/mol. The van der Waals surface area contributed by atoms with E-state index < -0.39 is 17.7 Å². The topological polar surface area (TPSA) is 79.4 Å². The number of carbonyl (C=O) groups excluding carboxylic acids is 3. The lowest BCUT2D eigenvalue weighted by Gasteiger charge is -2.13. The Balaban J connectivity index is 1.55. The second-order valence-electron chi connectivity index (χ2n) is 5.43. The van der Waals surface area contributed by atoms with Crippen LogP contribution < -0.4 is 5.32 Å². The van der Waals surface area contributed by atoms with Crippen molar-refractivity contribution in [2.75, 3.05) is 13.1 Å². The van der Waals surface area contributed by atoms with Crippen molar-refractivity contribution < 1.29 is 14.4 Å². The first-order valence-electron chi connectivity index (χ1n) is 7.49. The number of nitrogens with zero attached hydrogens (tertiary/aromatic N) is 2. The number of rotatable bonds is 5. The van der Waals surface area contributed by atoms with E-state index in [0.29, 0.717) is 23.0 Å². The van der Waals surface area contributed by atoms with E-state index in [1.807, 2.05) is 0 Å². The molecular formula is C17H13Cl2N3O3. The number of pyridine rings is 1. The molecule has 128 valence electrons. The average Bonchev–Trinajstić information content (AvgIpc) is 2.82. The number of hydrogen-bond acceptors (Lipinski definition) is 4. The standard InChI is InChI=1S/C17H13Cl2N3O3/c18-11-4-3-10(13(19)8-11)5-7-20-14(23)9-22-16(24)12-2-1-6-21-15(12)17(22)25/h1-4,6,8H,5,7,9H2,(H,20,23). The van der Waals surface area contributed by atoms with Gasteiger partial charge in [0.15, 0.2) is 0 Å². The Kier molecular flexibility index (Phi) is 5.01. The quantitative estimate of drug-likeness (QED) is 0.811. The summed E-state index contributed by atoms with van der Waals surface area (Å²) >= 11 is 11.9. The normalized spacial score (nSPS) is 13.1. The molecule has 2 heterocycles. The van der Waals surface area contributed by atoms with Crippen LogP contribution in [0.3, 0.4) is 0 Å². The molecule has 6 nitrogen and oxygen atoms in total. The van der Waals surface area contributed by atoms with E-state index in [2.05, 4.69) is 10.3 Å². The summed E-state index contributed by atoms with van der Waals surface area (Å²) in [6, 6.07) is 8.22. The molecule has 1 N–H and O–H groups in total. The fourth-order valence-corrected chi connectivity index (χ4v) is 3.02. The first-order valence-corrected chi connectivity index (χ1v) is 8.25. The minimum absolute atomic E-state index is 0.0771. The minimum Gasteiger partial charge on any atom is -0.354 e. The summed E-state index contributed by atoms with van der Waals surface area (Å²) < 4.78 is 0. The molecule has 1 aromatic carbocycles. The van der Waals surface area contributed by atoms with Crippen molar-refractivity contribution in [3.8, 4) is 0 Å². The number of halogens is 2. The maximum atomic E-state index is 12.2. The van der Waals surface area contributed by atoms with Gasteiger partial charge in [-0.15, -0.1) is 0 Å². The Morgan fingerprint density at radius 2 is 1.96 bits per heavy atom. The Hall–Kier alpha value is -2.44. The fourth-order valence-electron chi connectivity index (χ4n) is 2.52. The molecule has 1 aliphatic rings. The van der Waals surface area contributed by atoms with Crippen molar-refractivity contribution in [1.29, 1.82) is 0 Å². The van der Waals surface area contributed by atoms with E-state index in [1.165, 1.54) is 12.3 Å². The smallest absolute Gasteiger partial charge is 0.280 e. The zero-order valence-corrected chi connectivity index (χ0v) is 14.5. The second kappa shape index (κ2) is 7.21. The summed E-state index contributed by atoms with van der Waals surface area (Å²) in [6.45, 7) is -0.0238. The SMILES string of the molecule is O=C(CN1C(=O)c2cccnc2C1=O)NCCc1ccc(Cl)cc1Cl. The van der Waals surface area contributed by atoms with E-state index in [9.17, 15) is 14.4 Å². The third kappa shape index (κ3) is 3.65. The number of imide groups is 1. The maximum Gasteiger partial charge on any atom is 0.280 e. The van der Waals surface area contributed by atoms with Gasteiger partial charge in [0.25, 0.3) is 11.8 Å². The summed E-state index contributed by atoms with van der Waals surface area (Å²) in [7, 11) is 0. The summed E-state index contributed by atoms with van der Waals surface area (Å²) in [5.41, 5.74) is 1.14. The highest BCUT2D eigenvalue weighted by Crippen LogP contribution is 2.21. The molecule has 0 atom stereocenters. The number of nitrogens with one attached hydrogen (secondary N) is 1. The van der Waals surface area contributed by atoms with Crippen molar-refractivity contribution in [2.45, 2.75) is 6.42 Å². The molecule has 0 radical (unpaired) electrons. The van der Waals surface area contributed by atoms with E-state index in [1.54, 1.807) is 24.3 Å². The van der Waals surface area contributed by atoms with Gasteiger partial charge in [-0.2, -0.15) is 0 Å². The lowest BCUT2D eigenvalue weighted by molar-refractivity contribution is -0.121. The van der Waals surface area contributed by atoms with Gasteiger partial charge in [0.05, 0.1) is 5.56 Å². The maximum absolute atomic E-state index is 12.2. The Labute approximate surface area is 153 Å².